The lowest BCUT2D eigenvalue weighted by molar-refractivity contribution is -0.116. The number of rotatable bonds is 3. The number of carbonyl (C=O) groups is 1. The van der Waals surface area contributed by atoms with Crippen molar-refractivity contribution in [2.75, 3.05) is 0 Å². The molecule has 1 aromatic rings. The van der Waals surface area contributed by atoms with E-state index in [1.165, 1.54) is 13.0 Å². The van der Waals surface area contributed by atoms with Gasteiger partial charge in [-0.3, -0.25) is 4.79 Å². The third-order valence-corrected chi connectivity index (χ3v) is 4.02. The number of hydrogen-bond donors (Lipinski definition) is 0. The van der Waals surface area contributed by atoms with Crippen molar-refractivity contribution in [3.05, 3.63) is 34.6 Å². The highest BCUT2D eigenvalue weighted by Gasteiger charge is 2.20. The summed E-state index contributed by atoms with van der Waals surface area (Å²) in [6, 6.07) is 4.51. The van der Waals surface area contributed by atoms with Crippen molar-refractivity contribution in [1.82, 2.24) is 0 Å². The molecule has 0 saturated heterocycles. The van der Waals surface area contributed by atoms with Gasteiger partial charge in [-0.15, -0.1) is 0 Å². The molecule has 1 nitrogen and oxygen atoms in total. The number of benzene rings is 1. The molecular formula is C11H11BrClFO. The Morgan fingerprint density at radius 2 is 2.13 bits per heavy atom. The molecule has 1 aromatic carbocycles. The van der Waals surface area contributed by atoms with Gasteiger partial charge in [0.05, 0.1) is 9.85 Å². The van der Waals surface area contributed by atoms with Gasteiger partial charge in [-0.2, -0.15) is 0 Å². The van der Waals surface area contributed by atoms with Gasteiger partial charge in [0.25, 0.3) is 0 Å². The Morgan fingerprint density at radius 1 is 1.53 bits per heavy atom. The maximum absolute atomic E-state index is 12.9. The highest BCUT2D eigenvalue weighted by molar-refractivity contribution is 9.10. The molecule has 2 atom stereocenters. The smallest absolute Gasteiger partial charge is 0.144 e. The molecule has 0 amide bonds. The highest BCUT2D eigenvalue weighted by atomic mass is 79.9. The van der Waals surface area contributed by atoms with E-state index in [-0.39, 0.29) is 21.6 Å². The molecule has 0 spiro atoms. The standard InChI is InChI=1S/C11H11BrClFO/c1-6(11(12)7(2)15)8-3-4-10(14)9(13)5-8/h3-6,11H,1-2H3. The first-order valence-corrected chi connectivity index (χ1v) is 5.82. The molecule has 0 N–H and O–H groups in total. The summed E-state index contributed by atoms with van der Waals surface area (Å²) < 4.78 is 12.9. The second-order valence-corrected chi connectivity index (χ2v) is 4.87. The molecule has 0 aliphatic heterocycles. The summed E-state index contributed by atoms with van der Waals surface area (Å²) in [4.78, 5) is 10.9. The number of ketones is 1. The van der Waals surface area contributed by atoms with Gasteiger partial charge in [0.1, 0.15) is 11.6 Å². The minimum Gasteiger partial charge on any atom is -0.299 e. The monoisotopic (exact) mass is 292 g/mol. The van der Waals surface area contributed by atoms with Gasteiger partial charge in [-0.25, -0.2) is 4.39 Å². The van der Waals surface area contributed by atoms with Gasteiger partial charge in [0, 0.05) is 5.92 Å². The average molecular weight is 294 g/mol. The van der Waals surface area contributed by atoms with Gasteiger partial charge >= 0.3 is 0 Å². The third kappa shape index (κ3) is 3.02. The van der Waals surface area contributed by atoms with Crippen LogP contribution in [0.4, 0.5) is 4.39 Å². The first kappa shape index (κ1) is 12.7. The fourth-order valence-electron chi connectivity index (χ4n) is 1.32. The number of alkyl halides is 1. The van der Waals surface area contributed by atoms with Crippen LogP contribution < -0.4 is 0 Å². The average Bonchev–Trinajstić information content (AvgIpc) is 2.19. The Labute approximate surface area is 102 Å². The van der Waals surface area contributed by atoms with Crippen molar-refractivity contribution < 1.29 is 9.18 Å². The van der Waals surface area contributed by atoms with Crippen molar-refractivity contribution in [1.29, 1.82) is 0 Å². The van der Waals surface area contributed by atoms with Crippen LogP contribution in [0.25, 0.3) is 0 Å². The molecule has 0 aromatic heterocycles. The Hall–Kier alpha value is -0.410. The van der Waals surface area contributed by atoms with Crippen LogP contribution in [-0.2, 0) is 4.79 Å². The summed E-state index contributed by atoms with van der Waals surface area (Å²) in [5.41, 5.74) is 0.846. The maximum Gasteiger partial charge on any atom is 0.144 e. The number of halogens is 3. The molecule has 1 rings (SSSR count). The summed E-state index contributed by atoms with van der Waals surface area (Å²) in [6.45, 7) is 3.41. The normalized spacial score (nSPS) is 14.7. The molecule has 0 aliphatic carbocycles. The van der Waals surface area contributed by atoms with Crippen molar-refractivity contribution in [3.8, 4) is 0 Å². The van der Waals surface area contributed by atoms with Crippen LogP contribution >= 0.6 is 27.5 Å². The van der Waals surface area contributed by atoms with E-state index in [9.17, 15) is 9.18 Å². The van der Waals surface area contributed by atoms with E-state index in [1.807, 2.05) is 6.92 Å². The van der Waals surface area contributed by atoms with Crippen LogP contribution in [0, 0.1) is 5.82 Å². The summed E-state index contributed by atoms with van der Waals surface area (Å²) >= 11 is 8.97. The largest absolute Gasteiger partial charge is 0.299 e. The predicted octanol–water partition coefficient (Wildman–Crippen LogP) is 3.94. The fraction of sp³-hybridized carbons (Fsp3) is 0.364. The Bertz CT molecular complexity index is 381. The fourth-order valence-corrected chi connectivity index (χ4v) is 1.81. The van der Waals surface area contributed by atoms with Gasteiger partial charge in [0.15, 0.2) is 0 Å². The Balaban J connectivity index is 2.96. The Kier molecular flexibility index (Phi) is 4.29. The second kappa shape index (κ2) is 5.08. The first-order chi connectivity index (χ1) is 6.93. The molecule has 0 aliphatic rings. The van der Waals surface area contributed by atoms with E-state index in [0.29, 0.717) is 0 Å². The molecule has 0 bridgehead atoms. The van der Waals surface area contributed by atoms with E-state index < -0.39 is 5.82 Å². The lowest BCUT2D eigenvalue weighted by Gasteiger charge is -2.16. The lowest BCUT2D eigenvalue weighted by Crippen LogP contribution is -2.17. The van der Waals surface area contributed by atoms with Crippen LogP contribution in [0.5, 0.6) is 0 Å². The maximum atomic E-state index is 12.9. The zero-order valence-electron chi connectivity index (χ0n) is 8.43. The van der Waals surface area contributed by atoms with Gasteiger partial charge in [-0.1, -0.05) is 40.5 Å². The zero-order chi connectivity index (χ0) is 11.6. The molecular weight excluding hydrogens is 282 g/mol. The first-order valence-electron chi connectivity index (χ1n) is 4.53. The molecule has 82 valence electrons. The van der Waals surface area contributed by atoms with Crippen LogP contribution in [-0.4, -0.2) is 10.6 Å². The third-order valence-electron chi connectivity index (χ3n) is 2.30. The molecule has 0 radical (unpaired) electrons. The van der Waals surface area contributed by atoms with Crippen molar-refractivity contribution in [2.24, 2.45) is 0 Å². The van der Waals surface area contributed by atoms with Gasteiger partial charge in [-0.05, 0) is 24.6 Å². The van der Waals surface area contributed by atoms with Crippen molar-refractivity contribution in [3.63, 3.8) is 0 Å². The van der Waals surface area contributed by atoms with Crippen LogP contribution in [0.2, 0.25) is 5.02 Å². The number of carbonyl (C=O) groups excluding carboxylic acids is 1. The second-order valence-electron chi connectivity index (χ2n) is 3.47. The van der Waals surface area contributed by atoms with Crippen LogP contribution in [0.15, 0.2) is 18.2 Å². The molecule has 4 heteroatoms. The van der Waals surface area contributed by atoms with E-state index in [0.717, 1.165) is 5.56 Å². The van der Waals surface area contributed by atoms with E-state index in [4.69, 9.17) is 11.6 Å². The summed E-state index contributed by atoms with van der Waals surface area (Å²) in [6.07, 6.45) is 0. The lowest BCUT2D eigenvalue weighted by atomic mass is 9.96. The van der Waals surface area contributed by atoms with Crippen LogP contribution in [0.1, 0.15) is 25.3 Å². The highest BCUT2D eigenvalue weighted by Crippen LogP contribution is 2.28. The minimum absolute atomic E-state index is 0.0272. The molecule has 0 heterocycles. The summed E-state index contributed by atoms with van der Waals surface area (Å²) in [7, 11) is 0. The van der Waals surface area contributed by atoms with E-state index >= 15 is 0 Å². The Morgan fingerprint density at radius 3 is 2.60 bits per heavy atom. The predicted molar refractivity (Wildman–Crippen MR) is 63.2 cm³/mol. The molecule has 0 saturated carbocycles. The molecule has 0 fully saturated rings. The van der Waals surface area contributed by atoms with Crippen LogP contribution in [0.3, 0.4) is 0 Å². The van der Waals surface area contributed by atoms with E-state index in [2.05, 4.69) is 15.9 Å². The van der Waals surface area contributed by atoms with E-state index in [1.54, 1.807) is 12.1 Å². The zero-order valence-corrected chi connectivity index (χ0v) is 10.8. The SMILES string of the molecule is CC(=O)C(Br)C(C)c1ccc(F)c(Cl)c1. The van der Waals surface area contributed by atoms with Gasteiger partial charge in [0.2, 0.25) is 0 Å². The van der Waals surface area contributed by atoms with Crippen molar-refractivity contribution in [2.45, 2.75) is 24.6 Å². The number of hydrogen-bond acceptors (Lipinski definition) is 1. The number of Topliss-reactive ketones (excluding diaryl/α,β-unsaturated/α-hetero) is 1. The topological polar surface area (TPSA) is 17.1 Å². The molecule has 2 unspecified atom stereocenters. The summed E-state index contributed by atoms with van der Waals surface area (Å²) in [5.74, 6) is -0.426. The van der Waals surface area contributed by atoms with Gasteiger partial charge < -0.3 is 0 Å². The van der Waals surface area contributed by atoms with Crippen molar-refractivity contribution >= 4 is 33.3 Å². The quantitative estimate of drug-likeness (QED) is 0.772. The molecule has 15 heavy (non-hydrogen) atoms. The minimum atomic E-state index is -0.443. The summed E-state index contributed by atoms with van der Waals surface area (Å²) in [5, 5.41) is 0.0857.